The van der Waals surface area contributed by atoms with Crippen LogP contribution in [0.5, 0.6) is 0 Å². The van der Waals surface area contributed by atoms with Gasteiger partial charge in [-0.3, -0.25) is 4.79 Å². The van der Waals surface area contributed by atoms with Gasteiger partial charge in [-0.25, -0.2) is 0 Å². The molecule has 5 nitrogen and oxygen atoms in total. The second-order valence-corrected chi connectivity index (χ2v) is 6.53. The summed E-state index contributed by atoms with van der Waals surface area (Å²) >= 11 is 0. The maximum atomic E-state index is 12.1. The Kier molecular flexibility index (Phi) is 7.36. The fourth-order valence-electron chi connectivity index (χ4n) is 3.02. The van der Waals surface area contributed by atoms with Crippen molar-refractivity contribution in [2.24, 2.45) is 0 Å². The number of carbonyl (C=O) groups is 1. The van der Waals surface area contributed by atoms with E-state index in [9.17, 15) is 4.79 Å². The molecule has 0 aromatic carbocycles. The van der Waals surface area contributed by atoms with Crippen molar-refractivity contribution in [3.63, 3.8) is 0 Å². The lowest BCUT2D eigenvalue weighted by atomic mass is 9.97. The third-order valence-electron chi connectivity index (χ3n) is 4.52. The normalized spacial score (nSPS) is 24.6. The third kappa shape index (κ3) is 6.07. The molecule has 0 spiro atoms. The van der Waals surface area contributed by atoms with E-state index in [2.05, 4.69) is 28.7 Å². The highest BCUT2D eigenvalue weighted by Crippen LogP contribution is 2.19. The van der Waals surface area contributed by atoms with Gasteiger partial charge in [-0.05, 0) is 46.1 Å². The number of rotatable bonds is 7. The molecule has 5 heteroatoms. The van der Waals surface area contributed by atoms with Crippen LogP contribution >= 0.6 is 0 Å². The maximum Gasteiger partial charge on any atom is 0.236 e. The molecule has 0 aromatic heterocycles. The maximum absolute atomic E-state index is 12.1. The van der Waals surface area contributed by atoms with Crippen molar-refractivity contribution < 1.29 is 9.53 Å². The molecule has 1 aliphatic carbocycles. The molecular weight excluding hydrogens is 278 g/mol. The minimum Gasteiger partial charge on any atom is -0.374 e. The summed E-state index contributed by atoms with van der Waals surface area (Å²) in [6.45, 7) is 6.08. The quantitative estimate of drug-likeness (QED) is 0.696. The van der Waals surface area contributed by atoms with E-state index in [1.54, 1.807) is 0 Å². The second kappa shape index (κ2) is 9.28. The number of amides is 1. The predicted octanol–water partition coefficient (Wildman–Crippen LogP) is 1.30. The van der Waals surface area contributed by atoms with Gasteiger partial charge < -0.3 is 20.3 Å². The third-order valence-corrected chi connectivity index (χ3v) is 4.52. The zero-order valence-electron chi connectivity index (χ0n) is 14.1. The van der Waals surface area contributed by atoms with Gasteiger partial charge in [0.2, 0.25) is 5.91 Å². The van der Waals surface area contributed by atoms with Crippen molar-refractivity contribution in [3.8, 4) is 0 Å². The first-order valence-corrected chi connectivity index (χ1v) is 8.64. The molecule has 1 aliphatic heterocycles. The Morgan fingerprint density at radius 3 is 3.09 bits per heavy atom. The number of nitrogens with zero attached hydrogens (tertiary/aromatic N) is 1. The fourth-order valence-corrected chi connectivity index (χ4v) is 3.02. The van der Waals surface area contributed by atoms with E-state index in [0.717, 1.165) is 39.2 Å². The minimum atomic E-state index is -0.170. The van der Waals surface area contributed by atoms with Crippen molar-refractivity contribution in [1.29, 1.82) is 0 Å². The molecule has 0 aromatic rings. The van der Waals surface area contributed by atoms with E-state index in [1.165, 1.54) is 31.3 Å². The average molecular weight is 309 g/mol. The Hall–Kier alpha value is -0.910. The summed E-state index contributed by atoms with van der Waals surface area (Å²) in [5.74, 6) is 0.0839. The Bertz CT molecular complexity index is 384. The minimum absolute atomic E-state index is 0.0839. The van der Waals surface area contributed by atoms with Crippen LogP contribution in [0.4, 0.5) is 0 Å². The number of allylic oxidation sites excluding steroid dienone is 1. The van der Waals surface area contributed by atoms with Crippen LogP contribution in [0.3, 0.4) is 0 Å². The monoisotopic (exact) mass is 309 g/mol. The Morgan fingerprint density at radius 1 is 1.50 bits per heavy atom. The van der Waals surface area contributed by atoms with E-state index in [-0.39, 0.29) is 18.1 Å². The van der Waals surface area contributed by atoms with E-state index in [4.69, 9.17) is 4.74 Å². The van der Waals surface area contributed by atoms with Crippen molar-refractivity contribution in [1.82, 2.24) is 15.5 Å². The van der Waals surface area contributed by atoms with Crippen LogP contribution in [-0.4, -0.2) is 62.8 Å². The first kappa shape index (κ1) is 17.4. The summed E-state index contributed by atoms with van der Waals surface area (Å²) in [4.78, 5) is 14.3. The zero-order chi connectivity index (χ0) is 15.8. The Balaban J connectivity index is 1.59. The molecular formula is C17H31N3O2. The summed E-state index contributed by atoms with van der Waals surface area (Å²) in [7, 11) is 2.10. The van der Waals surface area contributed by atoms with Gasteiger partial charge in [0.1, 0.15) is 0 Å². The van der Waals surface area contributed by atoms with E-state index < -0.39 is 0 Å². The van der Waals surface area contributed by atoms with Crippen LogP contribution in [0, 0.1) is 0 Å². The number of hydrogen-bond donors (Lipinski definition) is 2. The summed E-state index contributed by atoms with van der Waals surface area (Å²) in [5, 5.41) is 6.32. The number of carbonyl (C=O) groups excluding carboxylic acids is 1. The summed E-state index contributed by atoms with van der Waals surface area (Å²) < 4.78 is 5.70. The lowest BCUT2D eigenvalue weighted by Crippen LogP contribution is -2.49. The molecule has 1 fully saturated rings. The highest BCUT2D eigenvalue weighted by Gasteiger charge is 2.19. The molecule has 1 heterocycles. The molecule has 126 valence electrons. The number of likely N-dealkylation sites (N-methyl/N-ethyl adjacent to an activating group) is 1. The fraction of sp³-hybridized carbons (Fsp3) is 0.824. The Morgan fingerprint density at radius 2 is 2.36 bits per heavy atom. The highest BCUT2D eigenvalue weighted by molar-refractivity contribution is 5.81. The average Bonchev–Trinajstić information content (AvgIpc) is 2.53. The molecule has 2 N–H and O–H groups in total. The van der Waals surface area contributed by atoms with Gasteiger partial charge in [0.25, 0.3) is 0 Å². The van der Waals surface area contributed by atoms with Gasteiger partial charge in [-0.1, -0.05) is 11.6 Å². The van der Waals surface area contributed by atoms with Crippen LogP contribution in [-0.2, 0) is 9.53 Å². The number of ether oxygens (including phenoxy) is 1. The van der Waals surface area contributed by atoms with Gasteiger partial charge in [0.05, 0.1) is 18.8 Å². The molecule has 2 atom stereocenters. The van der Waals surface area contributed by atoms with E-state index in [0.29, 0.717) is 0 Å². The van der Waals surface area contributed by atoms with Crippen LogP contribution < -0.4 is 10.6 Å². The topological polar surface area (TPSA) is 53.6 Å². The standard InChI is InChI=1S/C17H31N3O2/c1-14(19-12-16-13-20(2)10-11-22-16)17(21)18-9-8-15-6-4-3-5-7-15/h6,14,16,19H,3-5,7-13H2,1-2H3,(H,18,21)/t14-,16+/m0/s1. The van der Waals surface area contributed by atoms with E-state index in [1.807, 2.05) is 6.92 Å². The van der Waals surface area contributed by atoms with Crippen molar-refractivity contribution in [2.75, 3.05) is 39.8 Å². The Labute approximate surface area is 134 Å². The van der Waals surface area contributed by atoms with Crippen LogP contribution in [0.1, 0.15) is 39.0 Å². The summed E-state index contributed by atoms with van der Waals surface area (Å²) in [6, 6.07) is -0.170. The number of hydrogen-bond acceptors (Lipinski definition) is 4. The van der Waals surface area contributed by atoms with Crippen LogP contribution in [0.15, 0.2) is 11.6 Å². The molecule has 0 unspecified atom stereocenters. The molecule has 2 aliphatic rings. The largest absolute Gasteiger partial charge is 0.374 e. The molecule has 22 heavy (non-hydrogen) atoms. The van der Waals surface area contributed by atoms with Gasteiger partial charge in [-0.2, -0.15) is 0 Å². The van der Waals surface area contributed by atoms with Gasteiger partial charge in [-0.15, -0.1) is 0 Å². The summed E-state index contributed by atoms with van der Waals surface area (Å²) in [6.07, 6.45) is 8.54. The summed E-state index contributed by atoms with van der Waals surface area (Å²) in [5.41, 5.74) is 1.51. The predicted molar refractivity (Wildman–Crippen MR) is 88.9 cm³/mol. The number of morpholine rings is 1. The highest BCUT2D eigenvalue weighted by atomic mass is 16.5. The lowest BCUT2D eigenvalue weighted by molar-refractivity contribution is -0.122. The van der Waals surface area contributed by atoms with Crippen LogP contribution in [0.25, 0.3) is 0 Å². The van der Waals surface area contributed by atoms with E-state index >= 15 is 0 Å². The SMILES string of the molecule is C[C@H](NC[C@@H]1CN(C)CCO1)C(=O)NCCC1=CCCCC1. The first-order chi connectivity index (χ1) is 10.6. The molecule has 0 bridgehead atoms. The molecule has 1 saturated heterocycles. The molecule has 0 radical (unpaired) electrons. The van der Waals surface area contributed by atoms with Gasteiger partial charge in [0, 0.05) is 26.2 Å². The first-order valence-electron chi connectivity index (χ1n) is 8.64. The molecule has 0 saturated carbocycles. The molecule has 2 rings (SSSR count). The van der Waals surface area contributed by atoms with Crippen molar-refractivity contribution in [2.45, 2.75) is 51.2 Å². The van der Waals surface area contributed by atoms with Crippen LogP contribution in [0.2, 0.25) is 0 Å². The number of nitrogens with one attached hydrogen (secondary N) is 2. The van der Waals surface area contributed by atoms with Crippen molar-refractivity contribution in [3.05, 3.63) is 11.6 Å². The van der Waals surface area contributed by atoms with Gasteiger partial charge in [0.15, 0.2) is 0 Å². The van der Waals surface area contributed by atoms with Crippen molar-refractivity contribution >= 4 is 5.91 Å². The molecule has 1 amide bonds. The lowest BCUT2D eigenvalue weighted by Gasteiger charge is -2.30. The zero-order valence-corrected chi connectivity index (χ0v) is 14.1. The second-order valence-electron chi connectivity index (χ2n) is 6.53. The smallest absolute Gasteiger partial charge is 0.236 e. The van der Waals surface area contributed by atoms with Gasteiger partial charge >= 0.3 is 0 Å².